The molecule has 0 N–H and O–H groups in total. The number of carbonyl (C=O) groups excluding carboxylic acids is 2. The van der Waals surface area contributed by atoms with Gasteiger partial charge in [-0.25, -0.2) is 4.39 Å². The van der Waals surface area contributed by atoms with Gasteiger partial charge in [-0.2, -0.15) is 0 Å². The summed E-state index contributed by atoms with van der Waals surface area (Å²) in [7, 11) is 0. The Morgan fingerprint density at radius 3 is 2.54 bits per heavy atom. The molecule has 0 atom stereocenters. The van der Waals surface area contributed by atoms with Crippen LogP contribution in [0.2, 0.25) is 0 Å². The quantitative estimate of drug-likeness (QED) is 0.461. The second kappa shape index (κ2) is 12.3. The zero-order valence-corrected chi connectivity index (χ0v) is 22.1. The SMILES string of the molecule is O=C(c1ccccc1F)N1CCCCC2(COc3cccnc3)CCN(CC2)C(=O)c2ccccc2OCC1. The van der Waals surface area contributed by atoms with Gasteiger partial charge in [0.1, 0.15) is 23.9 Å². The summed E-state index contributed by atoms with van der Waals surface area (Å²) in [5.41, 5.74) is 0.473. The molecule has 3 aromatic rings. The number of amides is 2. The molecule has 8 heteroatoms. The number of ether oxygens (including phenoxy) is 2. The molecule has 2 bridgehead atoms. The summed E-state index contributed by atoms with van der Waals surface area (Å²) in [5.74, 6) is 0.280. The van der Waals surface area contributed by atoms with Gasteiger partial charge in [0.05, 0.1) is 30.5 Å². The van der Waals surface area contributed by atoms with Crippen LogP contribution in [0.4, 0.5) is 4.39 Å². The Morgan fingerprint density at radius 2 is 1.74 bits per heavy atom. The van der Waals surface area contributed by atoms with E-state index in [0.29, 0.717) is 37.6 Å². The van der Waals surface area contributed by atoms with Crippen molar-refractivity contribution in [3.05, 3.63) is 90.0 Å². The van der Waals surface area contributed by atoms with Gasteiger partial charge in [-0.3, -0.25) is 14.6 Å². The number of aromatic nitrogens is 1. The highest BCUT2D eigenvalue weighted by molar-refractivity contribution is 5.97. The van der Waals surface area contributed by atoms with Crippen molar-refractivity contribution >= 4 is 11.8 Å². The van der Waals surface area contributed by atoms with Gasteiger partial charge in [-0.15, -0.1) is 0 Å². The first-order chi connectivity index (χ1) is 19.0. The van der Waals surface area contributed by atoms with Crippen LogP contribution in [-0.4, -0.2) is 66.0 Å². The highest BCUT2D eigenvalue weighted by atomic mass is 19.1. The molecule has 39 heavy (non-hydrogen) atoms. The average Bonchev–Trinajstić information content (AvgIpc) is 2.98. The third-order valence-corrected chi connectivity index (χ3v) is 7.80. The molecule has 6 rings (SSSR count). The highest BCUT2D eigenvalue weighted by Crippen LogP contribution is 2.38. The average molecular weight is 532 g/mol. The van der Waals surface area contributed by atoms with Gasteiger partial charge in [0.15, 0.2) is 0 Å². The minimum atomic E-state index is -0.534. The Labute approximate surface area is 228 Å². The molecule has 3 aliphatic rings. The molecular formula is C31H34FN3O4. The predicted octanol–water partition coefficient (Wildman–Crippen LogP) is 5.23. The molecule has 0 saturated carbocycles. The van der Waals surface area contributed by atoms with Crippen LogP contribution in [0, 0.1) is 11.2 Å². The number of benzene rings is 2. The first-order valence-electron chi connectivity index (χ1n) is 13.6. The molecule has 2 amide bonds. The maximum absolute atomic E-state index is 14.5. The largest absolute Gasteiger partial charge is 0.491 e. The normalized spacial score (nSPS) is 17.9. The van der Waals surface area contributed by atoms with Crippen LogP contribution < -0.4 is 9.47 Å². The van der Waals surface area contributed by atoms with Gasteiger partial charge in [0, 0.05) is 31.2 Å². The second-order valence-electron chi connectivity index (χ2n) is 10.3. The number of halogens is 1. The monoisotopic (exact) mass is 531 g/mol. The smallest absolute Gasteiger partial charge is 0.257 e. The van der Waals surface area contributed by atoms with Gasteiger partial charge in [0.25, 0.3) is 11.8 Å². The Balaban J connectivity index is 1.38. The van der Waals surface area contributed by atoms with Crippen LogP contribution in [0.25, 0.3) is 0 Å². The predicted molar refractivity (Wildman–Crippen MR) is 145 cm³/mol. The van der Waals surface area contributed by atoms with Crippen LogP contribution in [0.1, 0.15) is 52.8 Å². The number of rotatable bonds is 4. The van der Waals surface area contributed by atoms with Crippen molar-refractivity contribution in [1.82, 2.24) is 14.8 Å². The molecule has 3 aliphatic heterocycles. The van der Waals surface area contributed by atoms with Crippen LogP contribution in [0.3, 0.4) is 0 Å². The number of hydrogen-bond donors (Lipinski definition) is 0. The van der Waals surface area contributed by atoms with E-state index in [2.05, 4.69) is 4.98 Å². The zero-order chi connectivity index (χ0) is 27.1. The van der Waals surface area contributed by atoms with Crippen LogP contribution in [0.5, 0.6) is 11.5 Å². The number of nitrogens with zero attached hydrogens (tertiary/aromatic N) is 3. The van der Waals surface area contributed by atoms with Crippen molar-refractivity contribution in [3.8, 4) is 11.5 Å². The third kappa shape index (κ3) is 6.38. The Morgan fingerprint density at radius 1 is 0.949 bits per heavy atom. The molecule has 1 aromatic heterocycles. The van der Waals surface area contributed by atoms with Gasteiger partial charge >= 0.3 is 0 Å². The summed E-state index contributed by atoms with van der Waals surface area (Å²) in [6.45, 7) is 2.80. The van der Waals surface area contributed by atoms with Gasteiger partial charge in [-0.05, 0) is 62.1 Å². The lowest BCUT2D eigenvalue weighted by molar-refractivity contribution is 0.0358. The topological polar surface area (TPSA) is 72.0 Å². The number of carbonyl (C=O) groups is 2. The summed E-state index contributed by atoms with van der Waals surface area (Å²) in [6.07, 6.45) is 7.63. The fourth-order valence-corrected chi connectivity index (χ4v) is 5.45. The first kappa shape index (κ1) is 26.7. The van der Waals surface area contributed by atoms with E-state index in [1.54, 1.807) is 41.6 Å². The van der Waals surface area contributed by atoms with E-state index in [1.165, 1.54) is 12.1 Å². The number of fused-ring (bicyclic) bond motifs is 9. The van der Waals surface area contributed by atoms with Crippen molar-refractivity contribution in [2.75, 3.05) is 39.4 Å². The Bertz CT molecular complexity index is 1280. The summed E-state index contributed by atoms with van der Waals surface area (Å²) in [6, 6.07) is 17.0. The van der Waals surface area contributed by atoms with Crippen LogP contribution in [0.15, 0.2) is 73.1 Å². The van der Waals surface area contributed by atoms with E-state index in [0.717, 1.165) is 37.9 Å². The van der Waals surface area contributed by atoms with E-state index in [1.807, 2.05) is 29.2 Å². The lowest BCUT2D eigenvalue weighted by atomic mass is 9.75. The molecule has 0 radical (unpaired) electrons. The Kier molecular flexibility index (Phi) is 8.39. The summed E-state index contributed by atoms with van der Waals surface area (Å²) in [5, 5.41) is 0. The van der Waals surface area contributed by atoms with E-state index in [-0.39, 0.29) is 35.9 Å². The molecule has 1 fully saturated rings. The number of pyridine rings is 1. The molecule has 2 aromatic carbocycles. The van der Waals surface area contributed by atoms with Crippen molar-refractivity contribution in [1.29, 1.82) is 0 Å². The minimum Gasteiger partial charge on any atom is -0.491 e. The van der Waals surface area contributed by atoms with E-state index < -0.39 is 5.82 Å². The Hall–Kier alpha value is -3.94. The van der Waals surface area contributed by atoms with Gasteiger partial charge in [0.2, 0.25) is 0 Å². The lowest BCUT2D eigenvalue weighted by Crippen LogP contribution is -2.45. The van der Waals surface area contributed by atoms with E-state index >= 15 is 0 Å². The standard InChI is InChI=1S/C31H34FN3O4/c32-27-11-3-1-9-25(27)29(36)34-17-6-5-13-31(23-39-24-8-7-16-33-22-24)14-18-35(19-15-31)30(37)26-10-2-4-12-28(26)38-21-20-34/h1-4,7-12,16,22H,5-6,13-15,17-21,23H2. The van der Waals surface area contributed by atoms with Crippen LogP contribution >= 0.6 is 0 Å². The van der Waals surface area contributed by atoms with Crippen molar-refractivity contribution in [2.24, 2.45) is 5.41 Å². The summed E-state index contributed by atoms with van der Waals surface area (Å²) >= 11 is 0. The fourth-order valence-electron chi connectivity index (χ4n) is 5.45. The van der Waals surface area contributed by atoms with Crippen molar-refractivity contribution < 1.29 is 23.5 Å². The molecule has 1 saturated heterocycles. The lowest BCUT2D eigenvalue weighted by Gasteiger charge is -2.42. The molecule has 204 valence electrons. The fraction of sp³-hybridized carbons (Fsp3) is 0.387. The molecule has 0 spiro atoms. The summed E-state index contributed by atoms with van der Waals surface area (Å²) in [4.78, 5) is 34.5. The van der Waals surface area contributed by atoms with E-state index in [4.69, 9.17) is 9.47 Å². The zero-order valence-electron chi connectivity index (χ0n) is 22.1. The second-order valence-corrected chi connectivity index (χ2v) is 10.3. The molecule has 0 unspecified atom stereocenters. The van der Waals surface area contributed by atoms with Gasteiger partial charge < -0.3 is 19.3 Å². The maximum Gasteiger partial charge on any atom is 0.257 e. The highest BCUT2D eigenvalue weighted by Gasteiger charge is 2.37. The number of piperidine rings is 1. The van der Waals surface area contributed by atoms with E-state index in [9.17, 15) is 14.0 Å². The molecular weight excluding hydrogens is 497 g/mol. The molecule has 7 nitrogen and oxygen atoms in total. The van der Waals surface area contributed by atoms with Crippen LogP contribution in [-0.2, 0) is 0 Å². The third-order valence-electron chi connectivity index (χ3n) is 7.80. The molecule has 4 heterocycles. The first-order valence-corrected chi connectivity index (χ1v) is 13.6. The summed E-state index contributed by atoms with van der Waals surface area (Å²) < 4.78 is 26.7. The van der Waals surface area contributed by atoms with Crippen molar-refractivity contribution in [2.45, 2.75) is 32.1 Å². The maximum atomic E-state index is 14.5. The van der Waals surface area contributed by atoms with Crippen molar-refractivity contribution in [3.63, 3.8) is 0 Å². The molecule has 0 aliphatic carbocycles. The minimum absolute atomic E-state index is 0.0541. The number of para-hydroxylation sites is 1. The number of hydrogen-bond acceptors (Lipinski definition) is 5. The van der Waals surface area contributed by atoms with Gasteiger partial charge in [-0.1, -0.05) is 30.7 Å².